The third kappa shape index (κ3) is 3.67. The molecule has 0 bridgehead atoms. The lowest BCUT2D eigenvalue weighted by molar-refractivity contribution is 0.0579. The topological polar surface area (TPSA) is 42.4 Å². The van der Waals surface area contributed by atoms with Crippen molar-refractivity contribution in [2.75, 3.05) is 26.3 Å². The highest BCUT2D eigenvalue weighted by Gasteiger charge is 2.26. The van der Waals surface area contributed by atoms with Gasteiger partial charge in [0.25, 0.3) is 5.91 Å². The first-order valence-electron chi connectivity index (χ1n) is 7.03. The van der Waals surface area contributed by atoms with Crippen molar-refractivity contribution < 1.29 is 9.53 Å². The molecule has 20 heavy (non-hydrogen) atoms. The van der Waals surface area contributed by atoms with Gasteiger partial charge in [0.05, 0.1) is 17.3 Å². The average molecular weight is 294 g/mol. The molecule has 0 atom stereocenters. The van der Waals surface area contributed by atoms with E-state index < -0.39 is 0 Å². The van der Waals surface area contributed by atoms with Crippen LogP contribution in [0.2, 0.25) is 0 Å². The van der Waals surface area contributed by atoms with E-state index in [0.717, 1.165) is 48.1 Å². The Balaban J connectivity index is 1.86. The molecule has 1 saturated heterocycles. The molecule has 1 aliphatic heterocycles. The van der Waals surface area contributed by atoms with E-state index in [4.69, 9.17) is 4.74 Å². The molecule has 0 aliphatic carbocycles. The second kappa shape index (κ2) is 6.99. The Morgan fingerprint density at radius 3 is 2.75 bits per heavy atom. The zero-order valence-electron chi connectivity index (χ0n) is 12.2. The lowest BCUT2D eigenvalue weighted by atomic mass is 9.97. The standard InChI is InChI=1S/C15H22N2O2S/c1-4-9-19-10-13-5-7-17(8-6-13)15(18)14-11(2)16-12(3)20-14/h4,13H,1,5-10H2,2-3H3. The van der Waals surface area contributed by atoms with Crippen LogP contribution in [0.15, 0.2) is 12.7 Å². The van der Waals surface area contributed by atoms with Gasteiger partial charge in [-0.15, -0.1) is 17.9 Å². The van der Waals surface area contributed by atoms with E-state index in [1.54, 1.807) is 6.08 Å². The smallest absolute Gasteiger partial charge is 0.265 e. The fourth-order valence-electron chi connectivity index (χ4n) is 2.49. The van der Waals surface area contributed by atoms with Gasteiger partial charge in [0.15, 0.2) is 0 Å². The van der Waals surface area contributed by atoms with Crippen molar-refractivity contribution in [1.82, 2.24) is 9.88 Å². The monoisotopic (exact) mass is 294 g/mol. The Labute approximate surface area is 124 Å². The number of aromatic nitrogens is 1. The van der Waals surface area contributed by atoms with Crippen molar-refractivity contribution in [2.45, 2.75) is 26.7 Å². The molecule has 2 rings (SSSR count). The average Bonchev–Trinajstić information content (AvgIpc) is 2.78. The van der Waals surface area contributed by atoms with Gasteiger partial charge in [-0.25, -0.2) is 4.98 Å². The number of aryl methyl sites for hydroxylation is 2. The summed E-state index contributed by atoms with van der Waals surface area (Å²) in [7, 11) is 0. The molecule has 1 aromatic rings. The van der Waals surface area contributed by atoms with Crippen LogP contribution >= 0.6 is 11.3 Å². The SMILES string of the molecule is C=CCOCC1CCN(C(=O)c2sc(C)nc2C)CC1. The quantitative estimate of drug-likeness (QED) is 0.619. The van der Waals surface area contributed by atoms with Crippen molar-refractivity contribution in [3.63, 3.8) is 0 Å². The highest BCUT2D eigenvalue weighted by atomic mass is 32.1. The summed E-state index contributed by atoms with van der Waals surface area (Å²) in [5.41, 5.74) is 0.855. The molecule has 1 aromatic heterocycles. The normalized spacial score (nSPS) is 16.4. The Hall–Kier alpha value is -1.20. The summed E-state index contributed by atoms with van der Waals surface area (Å²) in [5, 5.41) is 0.957. The molecule has 0 unspecified atom stereocenters. The Kier molecular flexibility index (Phi) is 5.31. The van der Waals surface area contributed by atoms with Gasteiger partial charge in [0.1, 0.15) is 4.88 Å². The van der Waals surface area contributed by atoms with Gasteiger partial charge in [-0.05, 0) is 32.6 Å². The van der Waals surface area contributed by atoms with Gasteiger partial charge < -0.3 is 9.64 Å². The molecule has 0 saturated carbocycles. The second-order valence-corrected chi connectivity index (χ2v) is 6.41. The third-order valence-electron chi connectivity index (χ3n) is 3.59. The molecule has 0 spiro atoms. The van der Waals surface area contributed by atoms with E-state index in [2.05, 4.69) is 11.6 Å². The van der Waals surface area contributed by atoms with Gasteiger partial charge in [0, 0.05) is 19.7 Å². The van der Waals surface area contributed by atoms with Crippen LogP contribution in [-0.4, -0.2) is 42.1 Å². The number of likely N-dealkylation sites (tertiary alicyclic amines) is 1. The molecular formula is C15H22N2O2S. The predicted octanol–water partition coefficient (Wildman–Crippen LogP) is 2.81. The Morgan fingerprint density at radius 1 is 1.50 bits per heavy atom. The summed E-state index contributed by atoms with van der Waals surface area (Å²) in [5.74, 6) is 0.696. The van der Waals surface area contributed by atoms with Crippen molar-refractivity contribution in [3.8, 4) is 0 Å². The molecule has 4 nitrogen and oxygen atoms in total. The van der Waals surface area contributed by atoms with E-state index in [-0.39, 0.29) is 5.91 Å². The molecule has 1 aliphatic rings. The molecule has 0 radical (unpaired) electrons. The summed E-state index contributed by atoms with van der Waals surface area (Å²) in [6.45, 7) is 10.5. The molecule has 2 heterocycles. The molecule has 0 aromatic carbocycles. The zero-order valence-corrected chi connectivity index (χ0v) is 13.0. The minimum Gasteiger partial charge on any atom is -0.377 e. The Bertz CT molecular complexity index is 476. The molecule has 1 amide bonds. The maximum atomic E-state index is 12.5. The lowest BCUT2D eigenvalue weighted by Crippen LogP contribution is -2.39. The van der Waals surface area contributed by atoms with E-state index in [9.17, 15) is 4.79 Å². The molecule has 110 valence electrons. The fraction of sp³-hybridized carbons (Fsp3) is 0.600. The maximum Gasteiger partial charge on any atom is 0.265 e. The van der Waals surface area contributed by atoms with E-state index in [0.29, 0.717) is 12.5 Å². The predicted molar refractivity (Wildman–Crippen MR) is 81.2 cm³/mol. The number of rotatable bonds is 5. The second-order valence-electron chi connectivity index (χ2n) is 5.21. The lowest BCUT2D eigenvalue weighted by Gasteiger charge is -2.31. The molecule has 1 fully saturated rings. The number of hydrogen-bond donors (Lipinski definition) is 0. The summed E-state index contributed by atoms with van der Waals surface area (Å²) >= 11 is 1.50. The first-order chi connectivity index (χ1) is 9.61. The molecule has 0 N–H and O–H groups in total. The van der Waals surface area contributed by atoms with Crippen LogP contribution in [0.4, 0.5) is 0 Å². The summed E-state index contributed by atoms with van der Waals surface area (Å²) in [4.78, 5) is 19.5. The minimum absolute atomic E-state index is 0.138. The van der Waals surface area contributed by atoms with Crippen LogP contribution in [0.25, 0.3) is 0 Å². The first-order valence-corrected chi connectivity index (χ1v) is 7.85. The van der Waals surface area contributed by atoms with Crippen molar-refractivity contribution in [3.05, 3.63) is 28.2 Å². The zero-order chi connectivity index (χ0) is 14.5. The number of amides is 1. The summed E-state index contributed by atoms with van der Waals surface area (Å²) in [6.07, 6.45) is 3.80. The van der Waals surface area contributed by atoms with E-state index in [1.165, 1.54) is 11.3 Å². The summed E-state index contributed by atoms with van der Waals surface area (Å²) < 4.78 is 5.50. The highest BCUT2D eigenvalue weighted by molar-refractivity contribution is 7.13. The number of carbonyl (C=O) groups is 1. The third-order valence-corrected chi connectivity index (χ3v) is 4.65. The first kappa shape index (κ1) is 15.2. The number of hydrogen-bond acceptors (Lipinski definition) is 4. The van der Waals surface area contributed by atoms with Gasteiger partial charge in [-0.3, -0.25) is 4.79 Å². The molecule has 5 heteroatoms. The number of thiazole rings is 1. The van der Waals surface area contributed by atoms with Gasteiger partial charge in [-0.1, -0.05) is 6.08 Å². The van der Waals surface area contributed by atoms with Crippen molar-refractivity contribution in [2.24, 2.45) is 5.92 Å². The van der Waals surface area contributed by atoms with Crippen LogP contribution < -0.4 is 0 Å². The fourth-order valence-corrected chi connectivity index (χ4v) is 3.38. The Morgan fingerprint density at radius 2 is 2.20 bits per heavy atom. The van der Waals surface area contributed by atoms with Crippen molar-refractivity contribution in [1.29, 1.82) is 0 Å². The highest BCUT2D eigenvalue weighted by Crippen LogP contribution is 2.23. The van der Waals surface area contributed by atoms with Crippen LogP contribution in [0.3, 0.4) is 0 Å². The van der Waals surface area contributed by atoms with Crippen LogP contribution in [0, 0.1) is 19.8 Å². The summed E-state index contributed by atoms with van der Waals surface area (Å²) in [6, 6.07) is 0. The molecular weight excluding hydrogens is 272 g/mol. The number of piperidine rings is 1. The number of nitrogens with zero attached hydrogens (tertiary/aromatic N) is 2. The number of carbonyl (C=O) groups excluding carboxylic acids is 1. The van der Waals surface area contributed by atoms with E-state index in [1.807, 2.05) is 18.7 Å². The van der Waals surface area contributed by atoms with E-state index >= 15 is 0 Å². The minimum atomic E-state index is 0.138. The van der Waals surface area contributed by atoms with Gasteiger partial charge in [0.2, 0.25) is 0 Å². The maximum absolute atomic E-state index is 12.5. The van der Waals surface area contributed by atoms with Crippen LogP contribution in [0.1, 0.15) is 33.2 Å². The number of ether oxygens (including phenoxy) is 1. The van der Waals surface area contributed by atoms with Crippen LogP contribution in [-0.2, 0) is 4.74 Å². The van der Waals surface area contributed by atoms with Gasteiger partial charge in [-0.2, -0.15) is 0 Å². The van der Waals surface area contributed by atoms with Crippen LogP contribution in [0.5, 0.6) is 0 Å². The largest absolute Gasteiger partial charge is 0.377 e. The van der Waals surface area contributed by atoms with Crippen molar-refractivity contribution >= 4 is 17.2 Å². The van der Waals surface area contributed by atoms with Gasteiger partial charge >= 0.3 is 0 Å².